The molecule has 0 saturated carbocycles. The number of carbonyl (C=O) groups excluding carboxylic acids is 1. The summed E-state index contributed by atoms with van der Waals surface area (Å²) >= 11 is 0. The number of nitrogens with one attached hydrogen (secondary N) is 2. The lowest BCUT2D eigenvalue weighted by atomic mass is 10.0. The summed E-state index contributed by atoms with van der Waals surface area (Å²) in [5, 5.41) is 6.31. The zero-order valence-corrected chi connectivity index (χ0v) is 13.8. The Morgan fingerprint density at radius 3 is 2.59 bits per heavy atom. The van der Waals surface area contributed by atoms with Crippen LogP contribution < -0.4 is 10.6 Å². The van der Waals surface area contributed by atoms with Crippen LogP contribution in [-0.4, -0.2) is 30.4 Å². The van der Waals surface area contributed by atoms with Gasteiger partial charge in [0.1, 0.15) is 5.60 Å². The van der Waals surface area contributed by atoms with Gasteiger partial charge in [0.2, 0.25) is 0 Å². The molecule has 1 heterocycles. The van der Waals surface area contributed by atoms with E-state index >= 15 is 0 Å². The van der Waals surface area contributed by atoms with Gasteiger partial charge in [0, 0.05) is 12.6 Å². The molecular formula is C17H26N2O3. The Kier molecular flexibility index (Phi) is 5.29. The molecule has 1 aliphatic rings. The maximum atomic E-state index is 11.9. The minimum Gasteiger partial charge on any atom is -0.444 e. The van der Waals surface area contributed by atoms with E-state index < -0.39 is 11.7 Å². The average molecular weight is 306 g/mol. The Hall–Kier alpha value is -1.75. The van der Waals surface area contributed by atoms with Crippen LogP contribution in [0.25, 0.3) is 0 Å². The van der Waals surface area contributed by atoms with Crippen molar-refractivity contribution < 1.29 is 14.3 Å². The SMILES string of the molecule is CC1CC(Nc2ccccc2NC(=O)OC(C)(C)C)CCO1. The van der Waals surface area contributed by atoms with Crippen molar-refractivity contribution in [1.29, 1.82) is 0 Å². The third-order valence-electron chi connectivity index (χ3n) is 3.41. The van der Waals surface area contributed by atoms with Gasteiger partial charge < -0.3 is 14.8 Å². The van der Waals surface area contributed by atoms with Crippen LogP contribution in [0.2, 0.25) is 0 Å². The summed E-state index contributed by atoms with van der Waals surface area (Å²) in [5.41, 5.74) is 1.13. The highest BCUT2D eigenvalue weighted by molar-refractivity contribution is 5.89. The first-order chi connectivity index (χ1) is 10.3. The molecule has 1 amide bonds. The Morgan fingerprint density at radius 1 is 1.27 bits per heavy atom. The fraction of sp³-hybridized carbons (Fsp3) is 0.588. The highest BCUT2D eigenvalue weighted by Crippen LogP contribution is 2.25. The second kappa shape index (κ2) is 7.01. The fourth-order valence-electron chi connectivity index (χ4n) is 2.48. The molecule has 1 aromatic rings. The number of anilines is 2. The van der Waals surface area contributed by atoms with Gasteiger partial charge in [-0.1, -0.05) is 12.1 Å². The number of benzene rings is 1. The zero-order chi connectivity index (χ0) is 16.2. The standard InChI is InChI=1S/C17H26N2O3/c1-12-11-13(9-10-21-12)18-14-7-5-6-8-15(14)19-16(20)22-17(2,3)4/h5-8,12-13,18H,9-11H2,1-4H3,(H,19,20). The van der Waals surface area contributed by atoms with Gasteiger partial charge in [-0.05, 0) is 52.7 Å². The lowest BCUT2D eigenvalue weighted by Gasteiger charge is -2.29. The van der Waals surface area contributed by atoms with Crippen LogP contribution in [-0.2, 0) is 9.47 Å². The maximum absolute atomic E-state index is 11.9. The molecule has 0 bridgehead atoms. The number of para-hydroxylation sites is 2. The van der Waals surface area contributed by atoms with E-state index in [1.807, 2.05) is 45.0 Å². The molecule has 2 unspecified atom stereocenters. The summed E-state index contributed by atoms with van der Waals surface area (Å²) in [7, 11) is 0. The first-order valence-corrected chi connectivity index (χ1v) is 7.80. The molecule has 1 aliphatic heterocycles. The maximum Gasteiger partial charge on any atom is 0.412 e. The molecule has 5 nitrogen and oxygen atoms in total. The van der Waals surface area contributed by atoms with Gasteiger partial charge in [-0.3, -0.25) is 5.32 Å². The summed E-state index contributed by atoms with van der Waals surface area (Å²) in [6.07, 6.45) is 1.74. The highest BCUT2D eigenvalue weighted by Gasteiger charge is 2.21. The van der Waals surface area contributed by atoms with Gasteiger partial charge in [0.15, 0.2) is 0 Å². The second-order valence-electron chi connectivity index (χ2n) is 6.72. The van der Waals surface area contributed by atoms with E-state index in [9.17, 15) is 4.79 Å². The van der Waals surface area contributed by atoms with Crippen LogP contribution in [0.15, 0.2) is 24.3 Å². The van der Waals surface area contributed by atoms with Gasteiger partial charge in [0.25, 0.3) is 0 Å². The molecule has 122 valence electrons. The topological polar surface area (TPSA) is 59.6 Å². The number of carbonyl (C=O) groups is 1. The first kappa shape index (κ1) is 16.6. The van der Waals surface area contributed by atoms with Crippen molar-refractivity contribution in [3.8, 4) is 0 Å². The Balaban J connectivity index is 2.02. The molecule has 0 aromatic heterocycles. The molecule has 2 atom stereocenters. The van der Waals surface area contributed by atoms with E-state index in [2.05, 4.69) is 17.6 Å². The van der Waals surface area contributed by atoms with E-state index in [1.54, 1.807) is 0 Å². The Morgan fingerprint density at radius 2 is 1.95 bits per heavy atom. The molecule has 5 heteroatoms. The van der Waals surface area contributed by atoms with Crippen molar-refractivity contribution in [2.75, 3.05) is 17.2 Å². The number of amides is 1. The minimum atomic E-state index is -0.511. The molecule has 2 N–H and O–H groups in total. The van der Waals surface area contributed by atoms with Crippen molar-refractivity contribution in [2.24, 2.45) is 0 Å². The van der Waals surface area contributed by atoms with Crippen molar-refractivity contribution >= 4 is 17.5 Å². The summed E-state index contributed by atoms with van der Waals surface area (Å²) in [6.45, 7) is 8.39. The van der Waals surface area contributed by atoms with Crippen LogP contribution in [0.1, 0.15) is 40.5 Å². The lowest BCUT2D eigenvalue weighted by Crippen LogP contribution is -2.33. The van der Waals surface area contributed by atoms with E-state index in [0.717, 1.165) is 30.8 Å². The minimum absolute atomic E-state index is 0.261. The van der Waals surface area contributed by atoms with Crippen molar-refractivity contribution in [2.45, 2.75) is 58.3 Å². The number of rotatable bonds is 3. The van der Waals surface area contributed by atoms with Crippen LogP contribution in [0.4, 0.5) is 16.2 Å². The molecule has 0 spiro atoms. The molecule has 1 fully saturated rings. The zero-order valence-electron chi connectivity index (χ0n) is 13.8. The van der Waals surface area contributed by atoms with Gasteiger partial charge in [0.05, 0.1) is 17.5 Å². The number of hydrogen-bond donors (Lipinski definition) is 2. The van der Waals surface area contributed by atoms with Crippen molar-refractivity contribution in [3.05, 3.63) is 24.3 Å². The molecule has 2 rings (SSSR count). The van der Waals surface area contributed by atoms with E-state index in [0.29, 0.717) is 6.04 Å². The molecule has 1 saturated heterocycles. The number of hydrogen-bond acceptors (Lipinski definition) is 4. The smallest absolute Gasteiger partial charge is 0.412 e. The largest absolute Gasteiger partial charge is 0.444 e. The molecule has 0 radical (unpaired) electrons. The van der Waals surface area contributed by atoms with Crippen LogP contribution in [0.3, 0.4) is 0 Å². The van der Waals surface area contributed by atoms with Crippen molar-refractivity contribution in [1.82, 2.24) is 0 Å². The normalized spacial score (nSPS) is 22.0. The quantitative estimate of drug-likeness (QED) is 0.885. The number of ether oxygens (including phenoxy) is 2. The van der Waals surface area contributed by atoms with Gasteiger partial charge in [-0.15, -0.1) is 0 Å². The van der Waals surface area contributed by atoms with Crippen LogP contribution >= 0.6 is 0 Å². The fourth-order valence-corrected chi connectivity index (χ4v) is 2.48. The van der Waals surface area contributed by atoms with Crippen LogP contribution in [0, 0.1) is 0 Å². The van der Waals surface area contributed by atoms with Gasteiger partial charge >= 0.3 is 6.09 Å². The second-order valence-corrected chi connectivity index (χ2v) is 6.72. The van der Waals surface area contributed by atoms with Crippen LogP contribution in [0.5, 0.6) is 0 Å². The summed E-state index contributed by atoms with van der Waals surface area (Å²) in [4.78, 5) is 11.9. The van der Waals surface area contributed by atoms with Gasteiger partial charge in [-0.25, -0.2) is 4.79 Å². The average Bonchev–Trinajstić information content (AvgIpc) is 2.39. The predicted octanol–water partition coefficient (Wildman–Crippen LogP) is 4.01. The molecular weight excluding hydrogens is 280 g/mol. The summed E-state index contributed by atoms with van der Waals surface area (Å²) in [6, 6.07) is 8.03. The summed E-state index contributed by atoms with van der Waals surface area (Å²) < 4.78 is 10.9. The summed E-state index contributed by atoms with van der Waals surface area (Å²) in [5.74, 6) is 0. The highest BCUT2D eigenvalue weighted by atomic mass is 16.6. The third-order valence-corrected chi connectivity index (χ3v) is 3.41. The Labute approximate surface area is 132 Å². The van der Waals surface area contributed by atoms with E-state index in [4.69, 9.17) is 9.47 Å². The molecule has 0 aliphatic carbocycles. The molecule has 22 heavy (non-hydrogen) atoms. The third kappa shape index (κ3) is 5.22. The predicted molar refractivity (Wildman–Crippen MR) is 88.4 cm³/mol. The Bertz CT molecular complexity index is 511. The van der Waals surface area contributed by atoms with Crippen molar-refractivity contribution in [3.63, 3.8) is 0 Å². The van der Waals surface area contributed by atoms with E-state index in [1.165, 1.54) is 0 Å². The first-order valence-electron chi connectivity index (χ1n) is 7.80. The lowest BCUT2D eigenvalue weighted by molar-refractivity contribution is 0.0232. The van der Waals surface area contributed by atoms with Gasteiger partial charge in [-0.2, -0.15) is 0 Å². The monoisotopic (exact) mass is 306 g/mol. The van der Waals surface area contributed by atoms with E-state index in [-0.39, 0.29) is 6.10 Å². The molecule has 1 aromatic carbocycles.